The van der Waals surface area contributed by atoms with Crippen LogP contribution in [0.4, 0.5) is 0 Å². The number of rotatable bonds is 3. The Morgan fingerprint density at radius 3 is 2.88 bits per heavy atom. The molecule has 2 unspecified atom stereocenters. The van der Waals surface area contributed by atoms with Crippen LogP contribution in [0, 0.1) is 5.92 Å². The summed E-state index contributed by atoms with van der Waals surface area (Å²) in [7, 11) is 2.17. The Bertz CT molecular complexity index is 294. The fourth-order valence-electron chi connectivity index (χ4n) is 2.92. The average molecular weight is 239 g/mol. The van der Waals surface area contributed by atoms with Crippen molar-refractivity contribution in [1.29, 1.82) is 0 Å². The molecule has 0 spiro atoms. The van der Waals surface area contributed by atoms with Crippen LogP contribution >= 0.6 is 0 Å². The summed E-state index contributed by atoms with van der Waals surface area (Å²) >= 11 is 0. The molecule has 98 valence electrons. The van der Waals surface area contributed by atoms with Gasteiger partial charge in [0.05, 0.1) is 12.2 Å². The number of carbonyl (C=O) groups excluding carboxylic acids is 1. The molecule has 17 heavy (non-hydrogen) atoms. The van der Waals surface area contributed by atoms with Crippen molar-refractivity contribution in [3.63, 3.8) is 0 Å². The van der Waals surface area contributed by atoms with E-state index in [0.29, 0.717) is 5.92 Å². The third-order valence-corrected chi connectivity index (χ3v) is 4.33. The van der Waals surface area contributed by atoms with Crippen molar-refractivity contribution < 1.29 is 4.79 Å². The number of nitrogens with zero attached hydrogens (tertiary/aromatic N) is 2. The lowest BCUT2D eigenvalue weighted by molar-refractivity contribution is -0.132. The van der Waals surface area contributed by atoms with E-state index >= 15 is 0 Å². The molecule has 4 heteroatoms. The molecule has 0 aromatic rings. The molecule has 1 amide bonds. The zero-order valence-corrected chi connectivity index (χ0v) is 11.3. The first-order chi connectivity index (χ1) is 8.05. The van der Waals surface area contributed by atoms with Gasteiger partial charge in [-0.1, -0.05) is 6.92 Å². The maximum Gasteiger partial charge on any atom is 0.243 e. The van der Waals surface area contributed by atoms with Crippen LogP contribution in [0.5, 0.6) is 0 Å². The van der Waals surface area contributed by atoms with Gasteiger partial charge >= 0.3 is 0 Å². The summed E-state index contributed by atoms with van der Waals surface area (Å²) in [6.45, 7) is 8.07. The van der Waals surface area contributed by atoms with Gasteiger partial charge in [-0.05, 0) is 45.7 Å². The first kappa shape index (κ1) is 12.8. The van der Waals surface area contributed by atoms with Gasteiger partial charge in [0, 0.05) is 13.1 Å². The number of carbonyl (C=O) groups is 1. The van der Waals surface area contributed by atoms with Crippen LogP contribution in [0.3, 0.4) is 0 Å². The molecule has 0 aromatic heterocycles. The first-order valence-corrected chi connectivity index (χ1v) is 6.78. The zero-order valence-electron chi connectivity index (χ0n) is 11.3. The molecule has 2 aliphatic rings. The Hall–Kier alpha value is -0.610. The number of hydrogen-bond acceptors (Lipinski definition) is 3. The Morgan fingerprint density at radius 1 is 1.53 bits per heavy atom. The molecule has 1 N–H and O–H groups in total. The number of hydrogen-bond donors (Lipinski definition) is 1. The van der Waals surface area contributed by atoms with Crippen molar-refractivity contribution in [2.24, 2.45) is 5.92 Å². The van der Waals surface area contributed by atoms with Crippen LogP contribution in [-0.2, 0) is 4.79 Å². The molecule has 2 aliphatic heterocycles. The second-order valence-electron chi connectivity index (χ2n) is 5.82. The van der Waals surface area contributed by atoms with Gasteiger partial charge in [-0.3, -0.25) is 10.1 Å². The van der Waals surface area contributed by atoms with Crippen LogP contribution in [-0.4, -0.2) is 54.6 Å². The van der Waals surface area contributed by atoms with E-state index in [1.165, 1.54) is 19.4 Å². The van der Waals surface area contributed by atoms with Crippen LogP contribution in [0.15, 0.2) is 0 Å². The Morgan fingerprint density at radius 2 is 2.29 bits per heavy atom. The summed E-state index contributed by atoms with van der Waals surface area (Å²) in [6, 6.07) is 0. The molecular formula is C13H25N3O. The average Bonchev–Trinajstić information content (AvgIpc) is 2.59. The van der Waals surface area contributed by atoms with Gasteiger partial charge in [0.25, 0.3) is 0 Å². The molecule has 0 radical (unpaired) electrons. The zero-order chi connectivity index (χ0) is 12.5. The fraction of sp³-hybridized carbons (Fsp3) is 0.923. The molecule has 0 aromatic carbocycles. The Labute approximate surface area is 104 Å². The molecule has 0 saturated carbocycles. The number of nitrogens with one attached hydrogen (secondary N) is 1. The maximum atomic E-state index is 12.3. The molecule has 2 rings (SSSR count). The Kier molecular flexibility index (Phi) is 3.73. The molecular weight excluding hydrogens is 214 g/mol. The van der Waals surface area contributed by atoms with Gasteiger partial charge in [0.15, 0.2) is 0 Å². The lowest BCUT2D eigenvalue weighted by Crippen LogP contribution is -2.44. The lowest BCUT2D eigenvalue weighted by atomic mass is 9.96. The second-order valence-corrected chi connectivity index (χ2v) is 5.82. The van der Waals surface area contributed by atoms with Crippen molar-refractivity contribution in [3.05, 3.63) is 0 Å². The smallest absolute Gasteiger partial charge is 0.243 e. The van der Waals surface area contributed by atoms with Crippen molar-refractivity contribution in [2.45, 2.75) is 38.6 Å². The largest absolute Gasteiger partial charge is 0.328 e. The van der Waals surface area contributed by atoms with Gasteiger partial charge in [-0.25, -0.2) is 0 Å². The minimum Gasteiger partial charge on any atom is -0.328 e. The fourth-order valence-corrected chi connectivity index (χ4v) is 2.92. The summed E-state index contributed by atoms with van der Waals surface area (Å²) in [5.74, 6) is 0.937. The summed E-state index contributed by atoms with van der Waals surface area (Å²) in [6.07, 6.45) is 3.39. The second kappa shape index (κ2) is 4.94. The number of amides is 1. The third kappa shape index (κ3) is 2.63. The highest BCUT2D eigenvalue weighted by Gasteiger charge is 2.41. The SMILES string of the molecule is CCC1(C)NCN(CC2CCCN(C)C2)C1=O. The van der Waals surface area contributed by atoms with E-state index in [2.05, 4.69) is 24.2 Å². The van der Waals surface area contributed by atoms with Crippen LogP contribution in [0.2, 0.25) is 0 Å². The summed E-state index contributed by atoms with van der Waals surface area (Å²) in [5, 5.41) is 3.35. The van der Waals surface area contributed by atoms with E-state index in [0.717, 1.165) is 26.2 Å². The minimum atomic E-state index is -0.319. The topological polar surface area (TPSA) is 35.6 Å². The van der Waals surface area contributed by atoms with Crippen molar-refractivity contribution >= 4 is 5.91 Å². The lowest BCUT2D eigenvalue weighted by Gasteiger charge is -2.32. The highest BCUT2D eigenvalue weighted by atomic mass is 16.2. The summed E-state index contributed by atoms with van der Waals surface area (Å²) in [4.78, 5) is 16.6. The van der Waals surface area contributed by atoms with E-state index in [1.54, 1.807) is 0 Å². The first-order valence-electron chi connectivity index (χ1n) is 6.78. The highest BCUT2D eigenvalue weighted by Crippen LogP contribution is 2.23. The summed E-state index contributed by atoms with van der Waals surface area (Å²) < 4.78 is 0. The van der Waals surface area contributed by atoms with Gasteiger partial charge in [-0.15, -0.1) is 0 Å². The van der Waals surface area contributed by atoms with Gasteiger partial charge < -0.3 is 9.80 Å². The van der Waals surface area contributed by atoms with E-state index in [4.69, 9.17) is 0 Å². The quantitative estimate of drug-likeness (QED) is 0.794. The normalized spacial score (nSPS) is 35.6. The van der Waals surface area contributed by atoms with Gasteiger partial charge in [-0.2, -0.15) is 0 Å². The predicted octanol–water partition coefficient (Wildman–Crippen LogP) is 0.886. The molecule has 0 aliphatic carbocycles. The monoisotopic (exact) mass is 239 g/mol. The van der Waals surface area contributed by atoms with Crippen LogP contribution in [0.1, 0.15) is 33.1 Å². The van der Waals surface area contributed by atoms with Gasteiger partial charge in [0.2, 0.25) is 5.91 Å². The maximum absolute atomic E-state index is 12.3. The molecule has 2 atom stereocenters. The molecule has 2 fully saturated rings. The predicted molar refractivity (Wildman–Crippen MR) is 68.6 cm³/mol. The standard InChI is InChI=1S/C13H25N3O/c1-4-13(2)12(17)16(10-14-13)9-11-6-5-7-15(3)8-11/h11,14H,4-10H2,1-3H3. The minimum absolute atomic E-state index is 0.285. The van der Waals surface area contributed by atoms with E-state index in [9.17, 15) is 4.79 Å². The summed E-state index contributed by atoms with van der Waals surface area (Å²) in [5.41, 5.74) is -0.319. The van der Waals surface area contributed by atoms with Crippen molar-refractivity contribution in [1.82, 2.24) is 15.1 Å². The molecule has 0 bridgehead atoms. The van der Waals surface area contributed by atoms with E-state index in [-0.39, 0.29) is 11.4 Å². The van der Waals surface area contributed by atoms with Crippen LogP contribution < -0.4 is 5.32 Å². The Balaban J connectivity index is 1.90. The number of piperidine rings is 1. The van der Waals surface area contributed by atoms with E-state index < -0.39 is 0 Å². The van der Waals surface area contributed by atoms with Crippen LogP contribution in [0.25, 0.3) is 0 Å². The molecule has 2 heterocycles. The van der Waals surface area contributed by atoms with Crippen molar-refractivity contribution in [3.8, 4) is 0 Å². The highest BCUT2D eigenvalue weighted by molar-refractivity contribution is 5.87. The van der Waals surface area contributed by atoms with Gasteiger partial charge in [0.1, 0.15) is 0 Å². The van der Waals surface area contributed by atoms with E-state index in [1.807, 2.05) is 11.8 Å². The van der Waals surface area contributed by atoms with Crippen molar-refractivity contribution in [2.75, 3.05) is 33.4 Å². The molecule has 2 saturated heterocycles. The number of likely N-dealkylation sites (tertiary alicyclic amines) is 1. The molecule has 4 nitrogen and oxygen atoms in total. The third-order valence-electron chi connectivity index (χ3n) is 4.33.